The van der Waals surface area contributed by atoms with Crippen LogP contribution >= 0.6 is 0 Å². The first kappa shape index (κ1) is 13.3. The van der Waals surface area contributed by atoms with Crippen LogP contribution in [0.3, 0.4) is 0 Å². The zero-order valence-corrected chi connectivity index (χ0v) is 9.65. The third-order valence-electron chi connectivity index (χ3n) is 2.18. The van der Waals surface area contributed by atoms with Gasteiger partial charge in [0.2, 0.25) is 0 Å². The predicted molar refractivity (Wildman–Crippen MR) is 65.2 cm³/mol. The van der Waals surface area contributed by atoms with Crippen molar-refractivity contribution in [3.8, 4) is 0 Å². The van der Waals surface area contributed by atoms with Gasteiger partial charge in [-0.25, -0.2) is 4.39 Å². The van der Waals surface area contributed by atoms with Gasteiger partial charge in [-0.15, -0.1) is 0 Å². The number of non-ortho nitro benzene ring substituents is 1. The van der Waals surface area contributed by atoms with Crippen LogP contribution in [-0.2, 0) is 0 Å². The Kier molecular flexibility index (Phi) is 5.29. The molecule has 0 atom stereocenters. The van der Waals surface area contributed by atoms with E-state index in [2.05, 4.69) is 12.2 Å². The average Bonchev–Trinajstić information content (AvgIpc) is 2.30. The minimum Gasteiger partial charge on any atom is -0.313 e. The third kappa shape index (κ3) is 4.32. The van der Waals surface area contributed by atoms with E-state index in [9.17, 15) is 14.5 Å². The van der Waals surface area contributed by atoms with Crippen LogP contribution in [0.2, 0.25) is 0 Å². The summed E-state index contributed by atoms with van der Waals surface area (Å²) >= 11 is 0. The lowest BCUT2D eigenvalue weighted by Crippen LogP contribution is -2.13. The molecule has 0 bridgehead atoms. The summed E-state index contributed by atoms with van der Waals surface area (Å²) in [6, 6.07) is 3.49. The highest BCUT2D eigenvalue weighted by Crippen LogP contribution is 2.17. The van der Waals surface area contributed by atoms with Gasteiger partial charge >= 0.3 is 0 Å². The first-order chi connectivity index (χ1) is 8.15. The zero-order valence-electron chi connectivity index (χ0n) is 9.65. The molecule has 0 saturated carbocycles. The van der Waals surface area contributed by atoms with E-state index in [4.69, 9.17) is 0 Å². The Labute approximate surface area is 99.3 Å². The Morgan fingerprint density at radius 2 is 2.29 bits per heavy atom. The second-order valence-electron chi connectivity index (χ2n) is 3.57. The Morgan fingerprint density at radius 3 is 2.94 bits per heavy atom. The standard InChI is InChI=1S/C12H15FN2O2/c1-2-7-14-8-3-4-10-9-11(15(16)17)5-6-12(10)13/h3-6,9,14H,2,7-8H2,1H3/b4-3+. The summed E-state index contributed by atoms with van der Waals surface area (Å²) in [5.74, 6) is -0.456. The van der Waals surface area contributed by atoms with Crippen molar-refractivity contribution in [2.75, 3.05) is 13.1 Å². The Morgan fingerprint density at radius 1 is 1.53 bits per heavy atom. The van der Waals surface area contributed by atoms with Crippen molar-refractivity contribution in [2.24, 2.45) is 0 Å². The maximum absolute atomic E-state index is 13.3. The number of nitrogens with one attached hydrogen (secondary N) is 1. The lowest BCUT2D eigenvalue weighted by molar-refractivity contribution is -0.384. The van der Waals surface area contributed by atoms with Gasteiger partial charge < -0.3 is 5.32 Å². The summed E-state index contributed by atoms with van der Waals surface area (Å²) in [6.07, 6.45) is 4.32. The zero-order chi connectivity index (χ0) is 12.7. The number of nitrogens with zero attached hydrogens (tertiary/aromatic N) is 1. The van der Waals surface area contributed by atoms with Crippen molar-refractivity contribution in [1.29, 1.82) is 0 Å². The maximum atomic E-state index is 13.3. The van der Waals surface area contributed by atoms with Crippen LogP contribution in [0.1, 0.15) is 18.9 Å². The molecule has 0 fully saturated rings. The summed E-state index contributed by atoms with van der Waals surface area (Å²) in [7, 11) is 0. The van der Waals surface area contributed by atoms with Crippen LogP contribution in [-0.4, -0.2) is 18.0 Å². The molecule has 1 N–H and O–H groups in total. The average molecular weight is 238 g/mol. The first-order valence-electron chi connectivity index (χ1n) is 5.46. The fourth-order valence-corrected chi connectivity index (χ4v) is 1.32. The number of nitro benzene ring substituents is 1. The van der Waals surface area contributed by atoms with Gasteiger partial charge in [-0.3, -0.25) is 10.1 Å². The lowest BCUT2D eigenvalue weighted by atomic mass is 10.1. The summed E-state index contributed by atoms with van der Waals surface area (Å²) in [5.41, 5.74) is 0.130. The molecule has 0 spiro atoms. The van der Waals surface area contributed by atoms with Gasteiger partial charge in [0, 0.05) is 24.2 Å². The largest absolute Gasteiger partial charge is 0.313 e. The molecule has 0 heterocycles. The van der Waals surface area contributed by atoms with Crippen molar-refractivity contribution < 1.29 is 9.31 Å². The molecule has 0 unspecified atom stereocenters. The fourth-order valence-electron chi connectivity index (χ4n) is 1.32. The van der Waals surface area contributed by atoms with Crippen LogP contribution in [0.15, 0.2) is 24.3 Å². The van der Waals surface area contributed by atoms with Crippen molar-refractivity contribution in [3.05, 3.63) is 45.8 Å². The quantitative estimate of drug-likeness (QED) is 0.471. The van der Waals surface area contributed by atoms with Crippen LogP contribution in [0.5, 0.6) is 0 Å². The van der Waals surface area contributed by atoms with Gasteiger partial charge in [-0.05, 0) is 19.0 Å². The van der Waals surface area contributed by atoms with E-state index < -0.39 is 10.7 Å². The van der Waals surface area contributed by atoms with Gasteiger partial charge in [0.05, 0.1) is 4.92 Å². The number of hydrogen-bond donors (Lipinski definition) is 1. The SMILES string of the molecule is CCCNC/C=C/c1cc([N+](=O)[O-])ccc1F. The highest BCUT2D eigenvalue weighted by molar-refractivity contribution is 5.54. The van der Waals surface area contributed by atoms with Crippen molar-refractivity contribution in [3.63, 3.8) is 0 Å². The van der Waals surface area contributed by atoms with Gasteiger partial charge in [0.25, 0.3) is 5.69 Å². The third-order valence-corrected chi connectivity index (χ3v) is 2.18. The number of rotatable bonds is 6. The van der Waals surface area contributed by atoms with Crippen LogP contribution in [0.4, 0.5) is 10.1 Å². The monoisotopic (exact) mass is 238 g/mol. The van der Waals surface area contributed by atoms with E-state index >= 15 is 0 Å². The lowest BCUT2D eigenvalue weighted by Gasteiger charge is -1.98. The molecule has 0 aliphatic carbocycles. The number of halogens is 1. The summed E-state index contributed by atoms with van der Waals surface area (Å²) in [6.45, 7) is 3.56. The number of benzene rings is 1. The summed E-state index contributed by atoms with van der Waals surface area (Å²) in [5, 5.41) is 13.6. The minimum absolute atomic E-state index is 0.104. The Balaban J connectivity index is 2.69. The number of hydrogen-bond acceptors (Lipinski definition) is 3. The summed E-state index contributed by atoms with van der Waals surface area (Å²) < 4.78 is 13.3. The molecule has 5 heteroatoms. The smallest absolute Gasteiger partial charge is 0.270 e. The van der Waals surface area contributed by atoms with Gasteiger partial charge in [-0.2, -0.15) is 0 Å². The van der Waals surface area contributed by atoms with E-state index in [-0.39, 0.29) is 11.3 Å². The van der Waals surface area contributed by atoms with Crippen molar-refractivity contribution in [2.45, 2.75) is 13.3 Å². The normalized spacial score (nSPS) is 10.9. The maximum Gasteiger partial charge on any atom is 0.270 e. The van der Waals surface area contributed by atoms with Gasteiger partial charge in [0.15, 0.2) is 0 Å². The Bertz CT molecular complexity index is 419. The molecule has 0 aromatic heterocycles. The highest BCUT2D eigenvalue weighted by atomic mass is 19.1. The molecule has 0 amide bonds. The second kappa shape index (κ2) is 6.75. The van der Waals surface area contributed by atoms with E-state index in [1.54, 1.807) is 12.2 Å². The minimum atomic E-state index is -0.536. The molecule has 0 radical (unpaired) electrons. The first-order valence-corrected chi connectivity index (χ1v) is 5.46. The van der Waals surface area contributed by atoms with E-state index in [1.807, 2.05) is 0 Å². The highest BCUT2D eigenvalue weighted by Gasteiger charge is 2.08. The molecule has 0 aliphatic heterocycles. The van der Waals surface area contributed by atoms with Crippen molar-refractivity contribution in [1.82, 2.24) is 5.32 Å². The fraction of sp³-hybridized carbons (Fsp3) is 0.333. The van der Waals surface area contributed by atoms with E-state index in [1.165, 1.54) is 6.07 Å². The molecule has 1 aromatic carbocycles. The molecule has 0 aliphatic rings. The molecule has 17 heavy (non-hydrogen) atoms. The molecular weight excluding hydrogens is 223 g/mol. The van der Waals surface area contributed by atoms with Crippen LogP contribution in [0, 0.1) is 15.9 Å². The second-order valence-corrected chi connectivity index (χ2v) is 3.57. The van der Waals surface area contributed by atoms with E-state index in [0.717, 1.165) is 25.1 Å². The Hall–Kier alpha value is -1.75. The van der Waals surface area contributed by atoms with Gasteiger partial charge in [-0.1, -0.05) is 19.1 Å². The summed E-state index contributed by atoms with van der Waals surface area (Å²) in [4.78, 5) is 9.99. The molecule has 92 valence electrons. The molecular formula is C12H15FN2O2. The van der Waals surface area contributed by atoms with Crippen LogP contribution in [0.25, 0.3) is 6.08 Å². The molecule has 4 nitrogen and oxygen atoms in total. The van der Waals surface area contributed by atoms with Crippen molar-refractivity contribution >= 4 is 11.8 Å². The molecule has 1 aromatic rings. The number of nitro groups is 1. The molecule has 1 rings (SSSR count). The predicted octanol–water partition coefficient (Wildman–Crippen LogP) is 2.75. The van der Waals surface area contributed by atoms with Gasteiger partial charge in [0.1, 0.15) is 5.82 Å². The van der Waals surface area contributed by atoms with Crippen LogP contribution < -0.4 is 5.32 Å². The topological polar surface area (TPSA) is 55.2 Å². The van der Waals surface area contributed by atoms with E-state index in [0.29, 0.717) is 6.54 Å². The molecule has 0 saturated heterocycles.